The van der Waals surface area contributed by atoms with E-state index < -0.39 is 0 Å². The molecule has 0 saturated carbocycles. The van der Waals surface area contributed by atoms with E-state index in [1.54, 1.807) is 0 Å². The molecule has 3 aromatic rings. The van der Waals surface area contributed by atoms with Gasteiger partial charge in [0.05, 0.1) is 0 Å². The zero-order chi connectivity index (χ0) is 14.7. The van der Waals surface area contributed by atoms with Crippen molar-refractivity contribution in [1.82, 2.24) is 10.2 Å². The normalized spacial score (nSPS) is 12.1. The van der Waals surface area contributed by atoms with Gasteiger partial charge in [-0.25, -0.2) is 0 Å². The first-order valence-corrected chi connectivity index (χ1v) is 7.01. The van der Waals surface area contributed by atoms with Crippen LogP contribution in [0, 0.1) is 0 Å². The SMILES string of the molecule is C[C@H](Nc1ccc(Cl)cc1)c1nnc(-c2ccccc2)o1. The lowest BCUT2D eigenvalue weighted by Crippen LogP contribution is -2.06. The Bertz CT molecular complexity index is 710. The van der Waals surface area contributed by atoms with Gasteiger partial charge in [-0.1, -0.05) is 29.8 Å². The van der Waals surface area contributed by atoms with Gasteiger partial charge < -0.3 is 9.73 Å². The van der Waals surface area contributed by atoms with Crippen LogP contribution in [0.25, 0.3) is 11.5 Å². The van der Waals surface area contributed by atoms with E-state index in [0.29, 0.717) is 16.8 Å². The summed E-state index contributed by atoms with van der Waals surface area (Å²) in [7, 11) is 0. The predicted molar refractivity (Wildman–Crippen MR) is 83.2 cm³/mol. The molecule has 0 radical (unpaired) electrons. The molecule has 0 unspecified atom stereocenters. The van der Waals surface area contributed by atoms with Crippen molar-refractivity contribution in [2.45, 2.75) is 13.0 Å². The lowest BCUT2D eigenvalue weighted by Gasteiger charge is -2.11. The number of hydrogen-bond acceptors (Lipinski definition) is 4. The molecule has 0 saturated heterocycles. The summed E-state index contributed by atoms with van der Waals surface area (Å²) >= 11 is 5.87. The summed E-state index contributed by atoms with van der Waals surface area (Å²) in [6, 6.07) is 17.1. The van der Waals surface area contributed by atoms with Gasteiger partial charge in [0.15, 0.2) is 0 Å². The summed E-state index contributed by atoms with van der Waals surface area (Å²) in [5.41, 5.74) is 1.86. The number of benzene rings is 2. The average Bonchev–Trinajstić information content (AvgIpc) is 3.00. The molecule has 0 amide bonds. The first kappa shape index (κ1) is 13.6. The predicted octanol–water partition coefficient (Wildman–Crippen LogP) is 4.56. The van der Waals surface area contributed by atoms with Crippen molar-refractivity contribution in [1.29, 1.82) is 0 Å². The summed E-state index contributed by atoms with van der Waals surface area (Å²) in [6.45, 7) is 1.97. The second-order valence-electron chi connectivity index (χ2n) is 4.68. The molecule has 106 valence electrons. The molecule has 1 N–H and O–H groups in total. The Morgan fingerprint density at radius 2 is 1.71 bits per heavy atom. The summed E-state index contributed by atoms with van der Waals surface area (Å²) in [5.74, 6) is 1.07. The molecule has 4 nitrogen and oxygen atoms in total. The van der Waals surface area contributed by atoms with E-state index in [-0.39, 0.29) is 6.04 Å². The molecule has 1 aromatic heterocycles. The zero-order valence-corrected chi connectivity index (χ0v) is 12.2. The monoisotopic (exact) mass is 299 g/mol. The fourth-order valence-electron chi connectivity index (χ4n) is 1.96. The van der Waals surface area contributed by atoms with Gasteiger partial charge in [-0.2, -0.15) is 0 Å². The Morgan fingerprint density at radius 3 is 2.43 bits per heavy atom. The molecule has 0 spiro atoms. The van der Waals surface area contributed by atoms with Gasteiger partial charge in [-0.05, 0) is 43.3 Å². The Kier molecular flexibility index (Phi) is 3.88. The number of hydrogen-bond donors (Lipinski definition) is 1. The summed E-state index contributed by atoms with van der Waals surface area (Å²) in [6.07, 6.45) is 0. The summed E-state index contributed by atoms with van der Waals surface area (Å²) < 4.78 is 5.72. The number of rotatable bonds is 4. The van der Waals surface area contributed by atoms with Crippen molar-refractivity contribution < 1.29 is 4.42 Å². The van der Waals surface area contributed by atoms with Gasteiger partial charge in [0.2, 0.25) is 11.8 Å². The quantitative estimate of drug-likeness (QED) is 0.767. The van der Waals surface area contributed by atoms with E-state index in [4.69, 9.17) is 16.0 Å². The van der Waals surface area contributed by atoms with Crippen molar-refractivity contribution in [3.63, 3.8) is 0 Å². The first-order chi connectivity index (χ1) is 10.2. The molecule has 0 aliphatic carbocycles. The number of anilines is 1. The van der Waals surface area contributed by atoms with Gasteiger partial charge in [0.25, 0.3) is 0 Å². The van der Waals surface area contributed by atoms with Crippen LogP contribution in [-0.2, 0) is 0 Å². The fraction of sp³-hybridized carbons (Fsp3) is 0.125. The van der Waals surface area contributed by atoms with E-state index in [1.165, 1.54) is 0 Å². The van der Waals surface area contributed by atoms with Gasteiger partial charge >= 0.3 is 0 Å². The Labute approximate surface area is 127 Å². The van der Waals surface area contributed by atoms with E-state index in [1.807, 2.05) is 61.5 Å². The van der Waals surface area contributed by atoms with Crippen LogP contribution < -0.4 is 5.32 Å². The highest BCUT2D eigenvalue weighted by molar-refractivity contribution is 6.30. The van der Waals surface area contributed by atoms with Crippen molar-refractivity contribution in [2.75, 3.05) is 5.32 Å². The molecular weight excluding hydrogens is 286 g/mol. The molecule has 21 heavy (non-hydrogen) atoms. The van der Waals surface area contributed by atoms with Crippen LogP contribution in [0.1, 0.15) is 18.9 Å². The molecular formula is C16H14ClN3O. The highest BCUT2D eigenvalue weighted by Crippen LogP contribution is 2.23. The summed E-state index contributed by atoms with van der Waals surface area (Å²) in [5, 5.41) is 12.2. The smallest absolute Gasteiger partial charge is 0.247 e. The van der Waals surface area contributed by atoms with Crippen LogP contribution in [-0.4, -0.2) is 10.2 Å². The van der Waals surface area contributed by atoms with Crippen molar-refractivity contribution in [3.8, 4) is 11.5 Å². The fourth-order valence-corrected chi connectivity index (χ4v) is 2.09. The first-order valence-electron chi connectivity index (χ1n) is 6.63. The third kappa shape index (κ3) is 3.23. The number of nitrogens with zero attached hydrogens (tertiary/aromatic N) is 2. The maximum Gasteiger partial charge on any atom is 0.247 e. The molecule has 2 aromatic carbocycles. The third-order valence-corrected chi connectivity index (χ3v) is 3.31. The maximum atomic E-state index is 5.87. The van der Waals surface area contributed by atoms with E-state index in [2.05, 4.69) is 15.5 Å². The van der Waals surface area contributed by atoms with Gasteiger partial charge in [0, 0.05) is 16.3 Å². The van der Waals surface area contributed by atoms with Crippen LogP contribution >= 0.6 is 11.6 Å². The summed E-state index contributed by atoms with van der Waals surface area (Å²) in [4.78, 5) is 0. The van der Waals surface area contributed by atoms with Crippen LogP contribution in [0.5, 0.6) is 0 Å². The van der Waals surface area contributed by atoms with Crippen LogP contribution in [0.3, 0.4) is 0 Å². The van der Waals surface area contributed by atoms with Crippen LogP contribution in [0.15, 0.2) is 59.0 Å². The minimum atomic E-state index is -0.0869. The molecule has 0 fully saturated rings. The maximum absolute atomic E-state index is 5.87. The van der Waals surface area contributed by atoms with Crippen molar-refractivity contribution >= 4 is 17.3 Å². The molecule has 0 bridgehead atoms. The van der Waals surface area contributed by atoms with Crippen molar-refractivity contribution in [2.24, 2.45) is 0 Å². The Balaban J connectivity index is 1.75. The van der Waals surface area contributed by atoms with E-state index in [9.17, 15) is 0 Å². The largest absolute Gasteiger partial charge is 0.418 e. The van der Waals surface area contributed by atoms with E-state index >= 15 is 0 Å². The van der Waals surface area contributed by atoms with Crippen LogP contribution in [0.2, 0.25) is 5.02 Å². The molecule has 0 aliphatic heterocycles. The second kappa shape index (κ2) is 5.97. The minimum absolute atomic E-state index is 0.0869. The third-order valence-electron chi connectivity index (χ3n) is 3.06. The molecule has 0 aliphatic rings. The molecule has 3 rings (SSSR count). The molecule has 5 heteroatoms. The number of halogens is 1. The lowest BCUT2D eigenvalue weighted by atomic mass is 10.2. The lowest BCUT2D eigenvalue weighted by molar-refractivity contribution is 0.485. The topological polar surface area (TPSA) is 51.0 Å². The van der Waals surface area contributed by atoms with E-state index in [0.717, 1.165) is 11.3 Å². The zero-order valence-electron chi connectivity index (χ0n) is 11.5. The van der Waals surface area contributed by atoms with Crippen molar-refractivity contribution in [3.05, 3.63) is 65.5 Å². The molecule has 1 atom stereocenters. The van der Waals surface area contributed by atoms with Crippen LogP contribution in [0.4, 0.5) is 5.69 Å². The Hall–Kier alpha value is -2.33. The Morgan fingerprint density at radius 1 is 1.00 bits per heavy atom. The van der Waals surface area contributed by atoms with Gasteiger partial charge in [-0.15, -0.1) is 10.2 Å². The highest BCUT2D eigenvalue weighted by Gasteiger charge is 2.14. The average molecular weight is 300 g/mol. The highest BCUT2D eigenvalue weighted by atomic mass is 35.5. The van der Waals surface area contributed by atoms with Gasteiger partial charge in [-0.3, -0.25) is 0 Å². The van der Waals surface area contributed by atoms with Gasteiger partial charge in [0.1, 0.15) is 6.04 Å². The number of aromatic nitrogens is 2. The molecule has 1 heterocycles. The standard InChI is InChI=1S/C16H14ClN3O/c1-11(18-14-9-7-13(17)8-10-14)15-19-20-16(21-15)12-5-3-2-4-6-12/h2-11,18H,1H3/t11-/m0/s1. The number of nitrogens with one attached hydrogen (secondary N) is 1. The second-order valence-corrected chi connectivity index (χ2v) is 5.12. The minimum Gasteiger partial charge on any atom is -0.418 e.